The van der Waals surface area contributed by atoms with Gasteiger partial charge in [0.25, 0.3) is 5.56 Å². The highest BCUT2D eigenvalue weighted by atomic mass is 79.9. The van der Waals surface area contributed by atoms with E-state index in [1.165, 1.54) is 11.8 Å². The van der Waals surface area contributed by atoms with Gasteiger partial charge >= 0.3 is 0 Å². The topological polar surface area (TPSA) is 70.7 Å². The lowest BCUT2D eigenvalue weighted by Crippen LogP contribution is -2.10. The smallest absolute Gasteiger partial charge is 0.261 e. The van der Waals surface area contributed by atoms with Crippen molar-refractivity contribution < 1.29 is 0 Å². The summed E-state index contributed by atoms with van der Waals surface area (Å²) in [5.74, 6) is 0.504. The number of pyridine rings is 1. The predicted molar refractivity (Wildman–Crippen MR) is 89.4 cm³/mol. The lowest BCUT2D eigenvalue weighted by molar-refractivity contribution is 1.01. The second-order valence-corrected chi connectivity index (χ2v) is 5.95. The van der Waals surface area contributed by atoms with Crippen LogP contribution in [-0.2, 0) is 0 Å². The Morgan fingerprint density at radius 2 is 2.14 bits per heavy atom. The van der Waals surface area contributed by atoms with Crippen LogP contribution in [0.5, 0.6) is 0 Å². The molecule has 3 rings (SSSR count). The summed E-state index contributed by atoms with van der Waals surface area (Å²) in [5.41, 5.74) is 1.26. The highest BCUT2D eigenvalue weighted by molar-refractivity contribution is 9.10. The highest BCUT2D eigenvalue weighted by Gasteiger charge is 2.11. The van der Waals surface area contributed by atoms with Crippen LogP contribution in [0.1, 0.15) is 0 Å². The summed E-state index contributed by atoms with van der Waals surface area (Å²) in [4.78, 5) is 23.5. The van der Waals surface area contributed by atoms with E-state index in [1.807, 2.05) is 30.5 Å². The van der Waals surface area contributed by atoms with Gasteiger partial charge < -0.3 is 10.3 Å². The number of anilines is 2. The molecule has 0 fully saturated rings. The molecule has 0 unspecified atom stereocenters. The number of rotatable bonds is 3. The van der Waals surface area contributed by atoms with Gasteiger partial charge in [-0.1, -0.05) is 33.8 Å². The fourth-order valence-electron chi connectivity index (χ4n) is 1.95. The number of H-pyrrole nitrogens is 1. The number of nitrogens with zero attached hydrogens (tertiary/aromatic N) is 2. The molecule has 0 saturated heterocycles. The highest BCUT2D eigenvalue weighted by Crippen LogP contribution is 2.25. The van der Waals surface area contributed by atoms with E-state index in [4.69, 9.17) is 0 Å². The average Bonchev–Trinajstić information content (AvgIpc) is 2.47. The Morgan fingerprint density at radius 1 is 1.29 bits per heavy atom. The fourth-order valence-corrected chi connectivity index (χ4v) is 2.73. The summed E-state index contributed by atoms with van der Waals surface area (Å²) in [7, 11) is 0. The van der Waals surface area contributed by atoms with E-state index >= 15 is 0 Å². The first-order chi connectivity index (χ1) is 10.2. The van der Waals surface area contributed by atoms with Gasteiger partial charge in [0.1, 0.15) is 11.2 Å². The van der Waals surface area contributed by atoms with Crippen LogP contribution in [-0.4, -0.2) is 21.2 Å². The summed E-state index contributed by atoms with van der Waals surface area (Å²) in [5, 5.41) is 4.26. The zero-order valence-electron chi connectivity index (χ0n) is 11.1. The van der Waals surface area contributed by atoms with Gasteiger partial charge in [-0.25, -0.2) is 9.97 Å². The Balaban J connectivity index is 2.18. The van der Waals surface area contributed by atoms with Crippen molar-refractivity contribution >= 4 is 50.1 Å². The molecule has 2 N–H and O–H groups in total. The van der Waals surface area contributed by atoms with Crippen LogP contribution in [0, 0.1) is 0 Å². The van der Waals surface area contributed by atoms with Crippen molar-refractivity contribution in [1.29, 1.82) is 0 Å². The van der Waals surface area contributed by atoms with E-state index in [1.54, 1.807) is 12.3 Å². The van der Waals surface area contributed by atoms with Crippen molar-refractivity contribution in [2.24, 2.45) is 0 Å². The second kappa shape index (κ2) is 5.87. The number of fused-ring (bicyclic) bond motifs is 1. The summed E-state index contributed by atoms with van der Waals surface area (Å²) in [6.07, 6.45) is 3.49. The number of aromatic amines is 1. The van der Waals surface area contributed by atoms with Crippen LogP contribution in [0.2, 0.25) is 0 Å². The van der Waals surface area contributed by atoms with Crippen LogP contribution < -0.4 is 10.9 Å². The normalized spacial score (nSPS) is 10.8. The van der Waals surface area contributed by atoms with E-state index in [2.05, 4.69) is 36.2 Å². The lowest BCUT2D eigenvalue weighted by Gasteiger charge is -2.09. The molecule has 5 nitrogen and oxygen atoms in total. The van der Waals surface area contributed by atoms with Gasteiger partial charge in [0.2, 0.25) is 0 Å². The molecular formula is C14H11BrN4OS. The molecule has 2 aromatic heterocycles. The molecule has 1 aromatic carbocycles. The van der Waals surface area contributed by atoms with Crippen molar-refractivity contribution in [3.63, 3.8) is 0 Å². The summed E-state index contributed by atoms with van der Waals surface area (Å²) < 4.78 is 0.949. The largest absolute Gasteiger partial charge is 0.339 e. The molecule has 106 valence electrons. The van der Waals surface area contributed by atoms with Crippen LogP contribution in [0.4, 0.5) is 11.5 Å². The number of halogens is 1. The molecule has 0 bridgehead atoms. The molecule has 0 amide bonds. The van der Waals surface area contributed by atoms with E-state index < -0.39 is 0 Å². The van der Waals surface area contributed by atoms with E-state index in [-0.39, 0.29) is 5.56 Å². The lowest BCUT2D eigenvalue weighted by atomic mass is 10.2. The third-order valence-corrected chi connectivity index (χ3v) is 3.91. The van der Waals surface area contributed by atoms with Gasteiger partial charge in [-0.3, -0.25) is 4.79 Å². The number of nitrogens with one attached hydrogen (secondary N) is 2. The molecule has 7 heteroatoms. The molecule has 0 aliphatic rings. The first-order valence-electron chi connectivity index (χ1n) is 6.13. The van der Waals surface area contributed by atoms with Crippen molar-refractivity contribution in [2.75, 3.05) is 11.6 Å². The Kier molecular flexibility index (Phi) is 3.94. The first kappa shape index (κ1) is 14.1. The average molecular weight is 363 g/mol. The van der Waals surface area contributed by atoms with Gasteiger partial charge in [0, 0.05) is 16.4 Å². The number of hydrogen-bond donors (Lipinski definition) is 2. The van der Waals surface area contributed by atoms with Crippen molar-refractivity contribution in [3.05, 3.63) is 51.4 Å². The maximum atomic E-state index is 12.1. The Bertz CT molecular complexity index is 865. The first-order valence-corrected chi connectivity index (χ1v) is 8.15. The minimum absolute atomic E-state index is 0.211. The molecule has 0 spiro atoms. The predicted octanol–water partition coefficient (Wildman–Crippen LogP) is 3.55. The summed E-state index contributed by atoms with van der Waals surface area (Å²) >= 11 is 4.86. The van der Waals surface area contributed by atoms with Crippen molar-refractivity contribution in [2.45, 2.75) is 5.16 Å². The Labute approximate surface area is 133 Å². The number of hydrogen-bond acceptors (Lipinski definition) is 5. The van der Waals surface area contributed by atoms with Crippen LogP contribution >= 0.6 is 27.7 Å². The molecule has 0 saturated carbocycles. The third kappa shape index (κ3) is 2.93. The van der Waals surface area contributed by atoms with Crippen LogP contribution in [0.15, 0.2) is 51.0 Å². The standard InChI is InChI=1S/C14H11BrN4OS/c1-21-14-18-10-5-6-16-13(20)11(10)12(19-14)17-9-4-2-3-8(15)7-9/h2-7H,1H3,(H,16,20)(H,17,18,19). The van der Waals surface area contributed by atoms with E-state index in [0.717, 1.165) is 10.2 Å². The van der Waals surface area contributed by atoms with Gasteiger partial charge in [-0.15, -0.1) is 0 Å². The monoisotopic (exact) mass is 362 g/mol. The maximum absolute atomic E-state index is 12.1. The molecule has 0 aliphatic carbocycles. The fraction of sp³-hybridized carbons (Fsp3) is 0.0714. The molecular weight excluding hydrogens is 352 g/mol. The third-order valence-electron chi connectivity index (χ3n) is 2.87. The van der Waals surface area contributed by atoms with Gasteiger partial charge in [-0.2, -0.15) is 0 Å². The minimum Gasteiger partial charge on any atom is -0.339 e. The molecule has 0 atom stereocenters. The Hall–Kier alpha value is -1.86. The van der Waals surface area contributed by atoms with Crippen molar-refractivity contribution in [3.8, 4) is 0 Å². The van der Waals surface area contributed by atoms with E-state index in [0.29, 0.717) is 21.9 Å². The van der Waals surface area contributed by atoms with Crippen molar-refractivity contribution in [1.82, 2.24) is 15.0 Å². The quantitative estimate of drug-likeness (QED) is 0.550. The molecule has 0 radical (unpaired) electrons. The zero-order valence-corrected chi connectivity index (χ0v) is 13.5. The number of aromatic nitrogens is 3. The molecule has 2 heterocycles. The van der Waals surface area contributed by atoms with Crippen LogP contribution in [0.25, 0.3) is 10.9 Å². The van der Waals surface area contributed by atoms with E-state index in [9.17, 15) is 4.79 Å². The molecule has 3 aromatic rings. The minimum atomic E-state index is -0.211. The van der Waals surface area contributed by atoms with Crippen LogP contribution in [0.3, 0.4) is 0 Å². The SMILES string of the molecule is CSc1nc(Nc2cccc(Br)c2)c2c(=O)[nH]ccc2n1. The second-order valence-electron chi connectivity index (χ2n) is 4.26. The number of thioether (sulfide) groups is 1. The Morgan fingerprint density at radius 3 is 2.90 bits per heavy atom. The van der Waals surface area contributed by atoms with Gasteiger partial charge in [-0.05, 0) is 30.5 Å². The van der Waals surface area contributed by atoms with Gasteiger partial charge in [0.15, 0.2) is 5.16 Å². The summed E-state index contributed by atoms with van der Waals surface area (Å²) in [6.45, 7) is 0. The summed E-state index contributed by atoms with van der Waals surface area (Å²) in [6, 6.07) is 9.45. The molecule has 21 heavy (non-hydrogen) atoms. The number of benzene rings is 1. The molecule has 0 aliphatic heterocycles. The maximum Gasteiger partial charge on any atom is 0.261 e. The zero-order chi connectivity index (χ0) is 14.8. The van der Waals surface area contributed by atoms with Gasteiger partial charge in [0.05, 0.1) is 5.52 Å².